The first-order chi connectivity index (χ1) is 19.9. The Morgan fingerprint density at radius 2 is 1.73 bits per heavy atom. The van der Waals surface area contributed by atoms with Crippen LogP contribution in [-0.4, -0.2) is 53.3 Å². The Labute approximate surface area is 236 Å². The second-order valence-corrected chi connectivity index (χ2v) is 11.0. The standard InChI is InChI=1S/C31H31F2N5O3/c32-24-4-2-21(3-5-24)22-14-26(33)29(35-17-22)37-11-9-19(10-12-37)15-34-16-20-1-6-25-23(13-20)18-38(31(25)41)27-7-8-28(39)36-30(27)40/h1-6,13-14,17,19,27,34H,7-12,15-16,18H2,(H,36,39,40). The molecule has 1 aromatic heterocycles. The second-order valence-electron chi connectivity index (χ2n) is 11.0. The minimum atomic E-state index is -0.614. The Kier molecular flexibility index (Phi) is 7.49. The molecule has 4 heterocycles. The van der Waals surface area contributed by atoms with E-state index in [4.69, 9.17) is 0 Å². The minimum absolute atomic E-state index is 0.170. The number of hydrogen-bond acceptors (Lipinski definition) is 6. The van der Waals surface area contributed by atoms with Gasteiger partial charge < -0.3 is 15.1 Å². The molecule has 2 aromatic carbocycles. The van der Waals surface area contributed by atoms with Crippen molar-refractivity contribution in [1.29, 1.82) is 0 Å². The van der Waals surface area contributed by atoms with Gasteiger partial charge in [0.1, 0.15) is 11.9 Å². The molecule has 1 atom stereocenters. The van der Waals surface area contributed by atoms with E-state index in [0.717, 1.165) is 36.1 Å². The highest BCUT2D eigenvalue weighted by molar-refractivity contribution is 6.05. The molecule has 10 heteroatoms. The van der Waals surface area contributed by atoms with E-state index in [2.05, 4.69) is 15.6 Å². The minimum Gasteiger partial charge on any atom is -0.354 e. The van der Waals surface area contributed by atoms with E-state index < -0.39 is 11.9 Å². The maximum absolute atomic E-state index is 14.9. The number of fused-ring (bicyclic) bond motifs is 1. The second kappa shape index (κ2) is 11.4. The normalized spacial score (nSPS) is 19.5. The number of carbonyl (C=O) groups excluding carboxylic acids is 3. The summed E-state index contributed by atoms with van der Waals surface area (Å²) in [6.45, 7) is 3.27. The van der Waals surface area contributed by atoms with Gasteiger partial charge in [-0.05, 0) is 72.7 Å². The van der Waals surface area contributed by atoms with E-state index in [-0.39, 0.29) is 29.9 Å². The fraction of sp³-hybridized carbons (Fsp3) is 0.355. The smallest absolute Gasteiger partial charge is 0.255 e. The van der Waals surface area contributed by atoms with E-state index in [9.17, 15) is 23.2 Å². The van der Waals surface area contributed by atoms with Crippen LogP contribution in [0.2, 0.25) is 0 Å². The summed E-state index contributed by atoms with van der Waals surface area (Å²) in [6.07, 6.45) is 4.04. The lowest BCUT2D eigenvalue weighted by Gasteiger charge is -2.33. The zero-order valence-corrected chi connectivity index (χ0v) is 22.5. The summed E-state index contributed by atoms with van der Waals surface area (Å²) in [5.74, 6) is -0.788. The first-order valence-electron chi connectivity index (χ1n) is 14.0. The Hall–Kier alpha value is -4.18. The lowest BCUT2D eigenvalue weighted by atomic mass is 9.96. The molecular formula is C31H31F2N5O3. The molecule has 2 N–H and O–H groups in total. The first kappa shape index (κ1) is 27.0. The zero-order chi connectivity index (χ0) is 28.5. The molecule has 3 aliphatic rings. The lowest BCUT2D eigenvalue weighted by molar-refractivity contribution is -0.136. The third kappa shape index (κ3) is 5.69. The topological polar surface area (TPSA) is 94.6 Å². The maximum Gasteiger partial charge on any atom is 0.255 e. The van der Waals surface area contributed by atoms with Gasteiger partial charge in [-0.3, -0.25) is 19.7 Å². The van der Waals surface area contributed by atoms with Crippen molar-refractivity contribution in [3.63, 3.8) is 0 Å². The lowest BCUT2D eigenvalue weighted by Crippen LogP contribution is -2.52. The van der Waals surface area contributed by atoms with E-state index >= 15 is 0 Å². The van der Waals surface area contributed by atoms with Crippen molar-refractivity contribution < 1.29 is 23.2 Å². The van der Waals surface area contributed by atoms with Crippen LogP contribution in [0.1, 0.15) is 47.2 Å². The van der Waals surface area contributed by atoms with Crippen LogP contribution in [0.3, 0.4) is 0 Å². The predicted octanol–water partition coefficient (Wildman–Crippen LogP) is 3.79. The van der Waals surface area contributed by atoms with Crippen molar-refractivity contribution in [3.8, 4) is 11.1 Å². The highest BCUT2D eigenvalue weighted by atomic mass is 19.1. The summed E-state index contributed by atoms with van der Waals surface area (Å²) in [7, 11) is 0. The average Bonchev–Trinajstić information content (AvgIpc) is 3.29. The van der Waals surface area contributed by atoms with Gasteiger partial charge in [0, 0.05) is 49.9 Å². The summed E-state index contributed by atoms with van der Waals surface area (Å²) in [5.41, 5.74) is 3.90. The van der Waals surface area contributed by atoms with Gasteiger partial charge in [-0.25, -0.2) is 13.8 Å². The molecule has 0 radical (unpaired) electrons. The van der Waals surface area contributed by atoms with Gasteiger partial charge in [-0.15, -0.1) is 0 Å². The molecule has 2 fully saturated rings. The van der Waals surface area contributed by atoms with Crippen molar-refractivity contribution in [2.24, 2.45) is 5.92 Å². The van der Waals surface area contributed by atoms with Crippen LogP contribution in [-0.2, 0) is 22.7 Å². The van der Waals surface area contributed by atoms with E-state index in [1.807, 2.05) is 23.1 Å². The molecule has 2 saturated heterocycles. The van der Waals surface area contributed by atoms with Crippen LogP contribution >= 0.6 is 0 Å². The van der Waals surface area contributed by atoms with Gasteiger partial charge in [0.2, 0.25) is 11.8 Å². The number of amides is 3. The van der Waals surface area contributed by atoms with Gasteiger partial charge in [0.15, 0.2) is 11.6 Å². The third-order valence-electron chi connectivity index (χ3n) is 8.26. The van der Waals surface area contributed by atoms with Crippen molar-refractivity contribution in [1.82, 2.24) is 20.5 Å². The molecule has 3 aliphatic heterocycles. The summed E-state index contributed by atoms with van der Waals surface area (Å²) in [5, 5.41) is 5.85. The van der Waals surface area contributed by atoms with Crippen LogP contribution in [0.25, 0.3) is 11.1 Å². The molecule has 212 valence electrons. The molecular weight excluding hydrogens is 528 g/mol. The number of hydrogen-bond donors (Lipinski definition) is 2. The highest BCUT2D eigenvalue weighted by Gasteiger charge is 2.39. The van der Waals surface area contributed by atoms with Crippen molar-refractivity contribution >= 4 is 23.5 Å². The predicted molar refractivity (Wildman–Crippen MR) is 149 cm³/mol. The van der Waals surface area contributed by atoms with Crippen LogP contribution in [0.5, 0.6) is 0 Å². The summed E-state index contributed by atoms with van der Waals surface area (Å²) in [4.78, 5) is 44.6. The SMILES string of the molecule is O=C1CCC(N2Cc3cc(CNCC4CCN(c5ncc(-c6ccc(F)cc6)cc5F)CC4)ccc3C2=O)C(=O)N1. The number of nitrogens with one attached hydrogen (secondary N) is 2. The van der Waals surface area contributed by atoms with Gasteiger partial charge in [0.25, 0.3) is 5.91 Å². The molecule has 0 spiro atoms. The summed E-state index contributed by atoms with van der Waals surface area (Å²) >= 11 is 0. The number of anilines is 1. The third-order valence-corrected chi connectivity index (χ3v) is 8.26. The van der Waals surface area contributed by atoms with Crippen molar-refractivity contribution in [2.75, 3.05) is 24.5 Å². The van der Waals surface area contributed by atoms with Crippen molar-refractivity contribution in [2.45, 2.75) is 44.8 Å². The number of carbonyl (C=O) groups is 3. The molecule has 3 aromatic rings. The van der Waals surface area contributed by atoms with Gasteiger partial charge in [-0.1, -0.05) is 24.3 Å². The molecule has 1 unspecified atom stereocenters. The number of imide groups is 1. The molecule has 8 nitrogen and oxygen atoms in total. The quantitative estimate of drug-likeness (QED) is 0.428. The molecule has 6 rings (SSSR count). The van der Waals surface area contributed by atoms with E-state index in [1.54, 1.807) is 23.2 Å². The molecule has 41 heavy (non-hydrogen) atoms. The van der Waals surface area contributed by atoms with Gasteiger partial charge in [0.05, 0.1) is 0 Å². The number of pyridine rings is 1. The van der Waals surface area contributed by atoms with Crippen molar-refractivity contribution in [3.05, 3.63) is 83.1 Å². The average molecular weight is 560 g/mol. The Morgan fingerprint density at radius 3 is 2.46 bits per heavy atom. The van der Waals surface area contributed by atoms with Gasteiger partial charge in [-0.2, -0.15) is 0 Å². The van der Waals surface area contributed by atoms with Crippen LogP contribution in [0.4, 0.5) is 14.6 Å². The first-order valence-corrected chi connectivity index (χ1v) is 14.0. The number of nitrogens with zero attached hydrogens (tertiary/aromatic N) is 3. The Bertz CT molecular complexity index is 1490. The fourth-order valence-electron chi connectivity index (χ4n) is 5.97. The van der Waals surface area contributed by atoms with E-state index in [1.165, 1.54) is 18.2 Å². The number of halogens is 2. The van der Waals surface area contributed by atoms with Crippen LogP contribution in [0.15, 0.2) is 54.7 Å². The number of aromatic nitrogens is 1. The summed E-state index contributed by atoms with van der Waals surface area (Å²) in [6, 6.07) is 12.5. The number of rotatable bonds is 7. The van der Waals surface area contributed by atoms with Crippen LogP contribution in [0, 0.1) is 17.6 Å². The molecule has 0 bridgehead atoms. The zero-order valence-electron chi connectivity index (χ0n) is 22.5. The molecule has 0 aliphatic carbocycles. The highest BCUT2D eigenvalue weighted by Crippen LogP contribution is 2.29. The van der Waals surface area contributed by atoms with Gasteiger partial charge >= 0.3 is 0 Å². The maximum atomic E-state index is 14.9. The number of piperidine rings is 2. The van der Waals surface area contributed by atoms with E-state index in [0.29, 0.717) is 55.5 Å². The Morgan fingerprint density at radius 1 is 0.951 bits per heavy atom. The fourth-order valence-corrected chi connectivity index (χ4v) is 5.97. The largest absolute Gasteiger partial charge is 0.354 e. The summed E-state index contributed by atoms with van der Waals surface area (Å²) < 4.78 is 28.1. The molecule has 0 saturated carbocycles. The molecule has 3 amide bonds. The van der Waals surface area contributed by atoms with Crippen LogP contribution < -0.4 is 15.5 Å². The Balaban J connectivity index is 0.986. The monoisotopic (exact) mass is 559 g/mol. The number of benzene rings is 2.